The van der Waals surface area contributed by atoms with E-state index in [1.54, 1.807) is 6.07 Å². The second kappa shape index (κ2) is 6.44. The van der Waals surface area contributed by atoms with E-state index in [9.17, 15) is 10.1 Å². The SMILES string of the molecule is CC1(C)COc2c(OCC(=O)C(C#N)c3nc4ccccc4[nH]3)cccc21. The van der Waals surface area contributed by atoms with Crippen LogP contribution in [0.5, 0.6) is 11.5 Å². The van der Waals surface area contributed by atoms with Gasteiger partial charge in [-0.3, -0.25) is 4.79 Å². The number of nitriles is 1. The summed E-state index contributed by atoms with van der Waals surface area (Å²) in [5.41, 5.74) is 2.47. The quantitative estimate of drug-likeness (QED) is 0.751. The summed E-state index contributed by atoms with van der Waals surface area (Å²) in [5, 5.41) is 9.48. The third kappa shape index (κ3) is 3.02. The molecular formula is C21H19N3O3. The first kappa shape index (κ1) is 17.1. The minimum atomic E-state index is -1.01. The molecule has 2 aromatic carbocycles. The fourth-order valence-electron chi connectivity index (χ4n) is 3.27. The number of nitrogens with zero attached hydrogens (tertiary/aromatic N) is 2. The molecule has 1 aliphatic heterocycles. The molecular weight excluding hydrogens is 342 g/mol. The highest BCUT2D eigenvalue weighted by molar-refractivity contribution is 5.90. The minimum absolute atomic E-state index is 0.0951. The van der Waals surface area contributed by atoms with E-state index in [1.165, 1.54) is 0 Å². The second-order valence-electron chi connectivity index (χ2n) is 7.26. The van der Waals surface area contributed by atoms with Crippen LogP contribution in [0.3, 0.4) is 0 Å². The number of hydrogen-bond acceptors (Lipinski definition) is 5. The molecule has 136 valence electrons. The molecule has 0 bridgehead atoms. The van der Waals surface area contributed by atoms with E-state index in [2.05, 4.69) is 23.8 Å². The Morgan fingerprint density at radius 1 is 1.33 bits per heavy atom. The van der Waals surface area contributed by atoms with Crippen molar-refractivity contribution < 1.29 is 14.3 Å². The van der Waals surface area contributed by atoms with Crippen LogP contribution < -0.4 is 9.47 Å². The van der Waals surface area contributed by atoms with Gasteiger partial charge in [0.1, 0.15) is 12.4 Å². The number of aromatic nitrogens is 2. The summed E-state index contributed by atoms with van der Waals surface area (Å²) in [4.78, 5) is 20.0. The van der Waals surface area contributed by atoms with Gasteiger partial charge in [0.05, 0.1) is 23.7 Å². The van der Waals surface area contributed by atoms with Crippen LogP contribution in [0.15, 0.2) is 42.5 Å². The number of nitrogens with one attached hydrogen (secondary N) is 1. The van der Waals surface area contributed by atoms with Gasteiger partial charge < -0.3 is 14.5 Å². The van der Waals surface area contributed by atoms with Gasteiger partial charge in [-0.05, 0) is 18.2 Å². The zero-order valence-corrected chi connectivity index (χ0v) is 15.2. The predicted octanol–water partition coefficient (Wildman–Crippen LogP) is 3.49. The van der Waals surface area contributed by atoms with E-state index < -0.39 is 5.92 Å². The lowest BCUT2D eigenvalue weighted by atomic mass is 9.87. The van der Waals surface area contributed by atoms with Crippen LogP contribution in [0.25, 0.3) is 11.0 Å². The zero-order valence-electron chi connectivity index (χ0n) is 15.2. The number of hydrogen-bond donors (Lipinski definition) is 1. The number of fused-ring (bicyclic) bond motifs is 2. The zero-order chi connectivity index (χ0) is 19.0. The topological polar surface area (TPSA) is 88.0 Å². The summed E-state index contributed by atoms with van der Waals surface area (Å²) >= 11 is 0. The van der Waals surface area contributed by atoms with Crippen molar-refractivity contribution in [3.63, 3.8) is 0 Å². The number of rotatable bonds is 5. The maximum absolute atomic E-state index is 12.6. The van der Waals surface area contributed by atoms with Crippen molar-refractivity contribution in [3.8, 4) is 17.6 Å². The number of H-pyrrole nitrogens is 1. The molecule has 4 rings (SSSR count). The maximum Gasteiger partial charge on any atom is 0.194 e. The van der Waals surface area contributed by atoms with Gasteiger partial charge in [-0.1, -0.05) is 38.1 Å². The van der Waals surface area contributed by atoms with Crippen LogP contribution >= 0.6 is 0 Å². The Hall–Kier alpha value is -3.33. The highest BCUT2D eigenvalue weighted by atomic mass is 16.5. The summed E-state index contributed by atoms with van der Waals surface area (Å²) in [6.07, 6.45) is 0. The molecule has 3 aromatic rings. The average Bonchev–Trinajstić information content (AvgIpc) is 3.22. The predicted molar refractivity (Wildman–Crippen MR) is 99.9 cm³/mol. The fraction of sp³-hybridized carbons (Fsp3) is 0.286. The molecule has 6 nitrogen and oxygen atoms in total. The molecule has 1 aliphatic rings. The van der Waals surface area contributed by atoms with Gasteiger partial charge in [0.2, 0.25) is 0 Å². The maximum atomic E-state index is 12.6. The van der Waals surface area contributed by atoms with Crippen molar-refractivity contribution in [3.05, 3.63) is 53.9 Å². The van der Waals surface area contributed by atoms with Crippen molar-refractivity contribution >= 4 is 16.8 Å². The van der Waals surface area contributed by atoms with Gasteiger partial charge in [0.25, 0.3) is 0 Å². The minimum Gasteiger partial charge on any atom is -0.488 e. The number of carbonyl (C=O) groups excluding carboxylic acids is 1. The van der Waals surface area contributed by atoms with Crippen LogP contribution in [0.4, 0.5) is 0 Å². The van der Waals surface area contributed by atoms with Gasteiger partial charge in [-0.25, -0.2) is 4.98 Å². The standard InChI is InChI=1S/C21H19N3O3/c1-21(2)12-27-19-14(21)6-5-9-18(19)26-11-17(25)13(10-22)20-23-15-7-3-4-8-16(15)24-20/h3-9,13H,11-12H2,1-2H3,(H,23,24). The fourth-order valence-corrected chi connectivity index (χ4v) is 3.27. The van der Waals surface area contributed by atoms with Gasteiger partial charge in [-0.15, -0.1) is 0 Å². The molecule has 0 saturated carbocycles. The van der Waals surface area contributed by atoms with E-state index >= 15 is 0 Å². The molecule has 0 aliphatic carbocycles. The van der Waals surface area contributed by atoms with Crippen LogP contribution in [-0.4, -0.2) is 29.0 Å². The lowest BCUT2D eigenvalue weighted by molar-refractivity contribution is -0.121. The molecule has 0 spiro atoms. The molecule has 6 heteroatoms. The number of para-hydroxylation sites is 3. The summed E-state index contributed by atoms with van der Waals surface area (Å²) < 4.78 is 11.5. The lowest BCUT2D eigenvalue weighted by Crippen LogP contribution is -2.20. The van der Waals surface area contributed by atoms with Crippen LogP contribution in [0.2, 0.25) is 0 Å². The molecule has 0 fully saturated rings. The molecule has 1 N–H and O–H groups in total. The van der Waals surface area contributed by atoms with E-state index in [-0.39, 0.29) is 17.8 Å². The second-order valence-corrected chi connectivity index (χ2v) is 7.26. The summed E-state index contributed by atoms with van der Waals surface area (Å²) in [6, 6.07) is 15.1. The number of benzene rings is 2. The third-order valence-corrected chi connectivity index (χ3v) is 4.79. The summed E-state index contributed by atoms with van der Waals surface area (Å²) in [5.74, 6) is 0.168. The van der Waals surface area contributed by atoms with Crippen LogP contribution in [0, 0.1) is 11.3 Å². The molecule has 27 heavy (non-hydrogen) atoms. The smallest absolute Gasteiger partial charge is 0.194 e. The van der Waals surface area contributed by atoms with Crippen molar-refractivity contribution in [1.82, 2.24) is 9.97 Å². The monoisotopic (exact) mass is 361 g/mol. The summed E-state index contributed by atoms with van der Waals surface area (Å²) in [7, 11) is 0. The molecule has 1 unspecified atom stereocenters. The largest absolute Gasteiger partial charge is 0.488 e. The number of ether oxygens (including phenoxy) is 2. The Morgan fingerprint density at radius 3 is 2.93 bits per heavy atom. The number of carbonyl (C=O) groups is 1. The van der Waals surface area contributed by atoms with Gasteiger partial charge in [0, 0.05) is 11.0 Å². The first-order valence-electron chi connectivity index (χ1n) is 8.76. The molecule has 0 amide bonds. The van der Waals surface area contributed by atoms with E-state index in [4.69, 9.17) is 9.47 Å². The lowest BCUT2D eigenvalue weighted by Gasteiger charge is -2.15. The van der Waals surface area contributed by atoms with E-state index in [0.717, 1.165) is 16.6 Å². The Labute approximate surface area is 156 Å². The van der Waals surface area contributed by atoms with Crippen molar-refractivity contribution in [2.24, 2.45) is 0 Å². The van der Waals surface area contributed by atoms with Crippen molar-refractivity contribution in [2.75, 3.05) is 13.2 Å². The molecule has 1 aromatic heterocycles. The van der Waals surface area contributed by atoms with Crippen LogP contribution in [-0.2, 0) is 10.2 Å². The normalized spacial score (nSPS) is 15.6. The Balaban J connectivity index is 1.52. The molecule has 0 saturated heterocycles. The van der Waals surface area contributed by atoms with Gasteiger partial charge in [0.15, 0.2) is 23.2 Å². The Bertz CT molecular complexity index is 1030. The first-order chi connectivity index (χ1) is 13.0. The average molecular weight is 361 g/mol. The van der Waals surface area contributed by atoms with Gasteiger partial charge in [-0.2, -0.15) is 5.26 Å². The number of imidazole rings is 1. The van der Waals surface area contributed by atoms with Crippen molar-refractivity contribution in [1.29, 1.82) is 5.26 Å². The van der Waals surface area contributed by atoms with Crippen LogP contribution in [0.1, 0.15) is 31.2 Å². The number of ketones is 1. The molecule has 1 atom stereocenters. The van der Waals surface area contributed by atoms with Gasteiger partial charge >= 0.3 is 0 Å². The highest BCUT2D eigenvalue weighted by Crippen LogP contribution is 2.44. The molecule has 2 heterocycles. The Kier molecular flexibility index (Phi) is 4.08. The summed E-state index contributed by atoms with van der Waals surface area (Å²) in [6.45, 7) is 4.54. The highest BCUT2D eigenvalue weighted by Gasteiger charge is 2.34. The Morgan fingerprint density at radius 2 is 2.15 bits per heavy atom. The number of Topliss-reactive ketones (excluding diaryl/α,β-unsaturated/α-hetero) is 1. The van der Waals surface area contributed by atoms with Crippen molar-refractivity contribution in [2.45, 2.75) is 25.2 Å². The first-order valence-corrected chi connectivity index (χ1v) is 8.76. The molecule has 0 radical (unpaired) electrons. The number of aromatic amines is 1. The van der Waals surface area contributed by atoms with E-state index in [1.807, 2.05) is 42.5 Å². The third-order valence-electron chi connectivity index (χ3n) is 4.79. The van der Waals surface area contributed by atoms with E-state index in [0.29, 0.717) is 23.9 Å².